The van der Waals surface area contributed by atoms with Crippen molar-refractivity contribution in [3.63, 3.8) is 0 Å². The van der Waals surface area contributed by atoms with Crippen LogP contribution >= 0.6 is 0 Å². The topological polar surface area (TPSA) is 126 Å². The summed E-state index contributed by atoms with van der Waals surface area (Å²) < 4.78 is 44.3. The number of fused-ring (bicyclic) bond motifs is 1. The predicted molar refractivity (Wildman–Crippen MR) is 119 cm³/mol. The van der Waals surface area contributed by atoms with Crippen LogP contribution in [-0.2, 0) is 16.3 Å². The quantitative estimate of drug-likeness (QED) is 0.471. The molecule has 8 nitrogen and oxygen atoms in total. The van der Waals surface area contributed by atoms with Crippen molar-refractivity contribution in [3.8, 4) is 17.5 Å². The third-order valence-electron chi connectivity index (χ3n) is 4.90. The van der Waals surface area contributed by atoms with Crippen molar-refractivity contribution < 1.29 is 22.0 Å². The van der Waals surface area contributed by atoms with Crippen LogP contribution in [0.3, 0.4) is 0 Å². The number of carbonyl (C=O) groups is 1. The van der Waals surface area contributed by atoms with Gasteiger partial charge in [0.2, 0.25) is 5.89 Å². The number of halogens is 1. The third-order valence-corrected chi connectivity index (χ3v) is 6.03. The Morgan fingerprint density at radius 2 is 1.88 bits per heavy atom. The van der Waals surface area contributed by atoms with Crippen molar-refractivity contribution in [2.45, 2.75) is 18.2 Å². The van der Waals surface area contributed by atoms with Crippen LogP contribution in [0.1, 0.15) is 28.7 Å². The second kappa shape index (κ2) is 8.44. The Bertz CT molecular complexity index is 1540. The fourth-order valence-electron chi connectivity index (χ4n) is 3.23. The number of oxazole rings is 1. The number of aromatic nitrogens is 2. The van der Waals surface area contributed by atoms with E-state index in [0.717, 1.165) is 30.4 Å². The minimum absolute atomic E-state index is 0.0230. The van der Waals surface area contributed by atoms with Crippen LogP contribution in [0.25, 0.3) is 22.6 Å². The summed E-state index contributed by atoms with van der Waals surface area (Å²) in [4.78, 5) is 20.6. The number of benzene rings is 2. The van der Waals surface area contributed by atoms with Crippen molar-refractivity contribution in [3.05, 3.63) is 71.3 Å². The summed E-state index contributed by atoms with van der Waals surface area (Å²) in [6, 6.07) is 14.0. The van der Waals surface area contributed by atoms with Gasteiger partial charge in [-0.1, -0.05) is 19.1 Å². The van der Waals surface area contributed by atoms with Crippen molar-refractivity contribution in [1.29, 1.82) is 5.26 Å². The second-order valence-corrected chi connectivity index (χ2v) is 9.24. The molecule has 0 bridgehead atoms. The van der Waals surface area contributed by atoms with Gasteiger partial charge in [0.05, 0.1) is 4.90 Å². The second-order valence-electron chi connectivity index (χ2n) is 7.26. The molecule has 0 radical (unpaired) electrons. The van der Waals surface area contributed by atoms with Gasteiger partial charge in [0.15, 0.2) is 21.2 Å². The molecule has 0 atom stereocenters. The predicted octanol–water partition coefficient (Wildman–Crippen LogP) is 4.12. The Kier molecular flexibility index (Phi) is 5.66. The van der Waals surface area contributed by atoms with Crippen molar-refractivity contribution in [2.24, 2.45) is 0 Å². The molecule has 2 aromatic carbocycles. The Morgan fingerprint density at radius 3 is 2.52 bits per heavy atom. The van der Waals surface area contributed by atoms with E-state index in [9.17, 15) is 17.6 Å². The SMILES string of the molecule is CCc1ccc(-c2nc3cc(NC(=O)c4nc(C#N)ccc4S(C)(=O)=O)cc(F)c3o2)cc1. The summed E-state index contributed by atoms with van der Waals surface area (Å²) in [5, 5.41) is 11.5. The van der Waals surface area contributed by atoms with Gasteiger partial charge in [-0.3, -0.25) is 4.79 Å². The first-order valence-corrected chi connectivity index (χ1v) is 11.7. The highest BCUT2D eigenvalue weighted by Crippen LogP contribution is 2.29. The highest BCUT2D eigenvalue weighted by molar-refractivity contribution is 7.90. The number of rotatable bonds is 5. The van der Waals surface area contributed by atoms with E-state index in [4.69, 9.17) is 9.68 Å². The zero-order chi connectivity index (χ0) is 23.8. The molecule has 2 aromatic heterocycles. The molecule has 4 aromatic rings. The maximum absolute atomic E-state index is 14.7. The van der Waals surface area contributed by atoms with Gasteiger partial charge in [0.1, 0.15) is 23.0 Å². The third kappa shape index (κ3) is 4.44. The Labute approximate surface area is 188 Å². The van der Waals surface area contributed by atoms with Crippen LogP contribution in [0.2, 0.25) is 0 Å². The molecule has 33 heavy (non-hydrogen) atoms. The van der Waals surface area contributed by atoms with Gasteiger partial charge in [0, 0.05) is 23.6 Å². The fourth-order valence-corrected chi connectivity index (χ4v) is 4.04. The number of anilines is 1. The van der Waals surface area contributed by atoms with E-state index >= 15 is 0 Å². The molecule has 10 heteroatoms. The van der Waals surface area contributed by atoms with Crippen molar-refractivity contribution in [1.82, 2.24) is 9.97 Å². The number of hydrogen-bond acceptors (Lipinski definition) is 7. The molecule has 0 aliphatic carbocycles. The number of carbonyl (C=O) groups excluding carboxylic acids is 1. The molecular weight excluding hydrogens is 447 g/mol. The molecule has 1 amide bonds. The molecule has 2 heterocycles. The van der Waals surface area contributed by atoms with Gasteiger partial charge in [-0.2, -0.15) is 5.26 Å². The number of nitrogens with zero attached hydrogens (tertiary/aromatic N) is 3. The lowest BCUT2D eigenvalue weighted by Gasteiger charge is -2.09. The molecule has 0 spiro atoms. The number of aryl methyl sites for hydroxylation is 1. The molecule has 1 N–H and O–H groups in total. The van der Waals surface area contributed by atoms with E-state index in [-0.39, 0.29) is 33.3 Å². The lowest BCUT2D eigenvalue weighted by molar-refractivity contribution is 0.101. The van der Waals surface area contributed by atoms with E-state index in [1.165, 1.54) is 12.1 Å². The van der Waals surface area contributed by atoms with Crippen molar-refractivity contribution in [2.75, 3.05) is 11.6 Å². The van der Waals surface area contributed by atoms with Crippen LogP contribution in [0.4, 0.5) is 10.1 Å². The van der Waals surface area contributed by atoms with Gasteiger partial charge in [0.25, 0.3) is 5.91 Å². The number of nitrogens with one attached hydrogen (secondary N) is 1. The van der Waals surface area contributed by atoms with Crippen LogP contribution in [0.15, 0.2) is 57.8 Å². The van der Waals surface area contributed by atoms with Gasteiger partial charge < -0.3 is 9.73 Å². The fraction of sp³-hybridized carbons (Fsp3) is 0.130. The summed E-state index contributed by atoms with van der Waals surface area (Å²) in [5.41, 5.74) is 1.32. The lowest BCUT2D eigenvalue weighted by atomic mass is 10.1. The summed E-state index contributed by atoms with van der Waals surface area (Å²) >= 11 is 0. The standard InChI is InChI=1S/C23H17FN4O4S/c1-3-13-4-6-14(7-5-13)23-28-18-11-16(10-17(24)21(18)32-23)27-22(29)20-19(33(2,30)31)9-8-15(12-25)26-20/h4-11H,3H2,1-2H3,(H,27,29). The van der Waals surface area contributed by atoms with Crippen LogP contribution in [0, 0.1) is 17.1 Å². The van der Waals surface area contributed by atoms with Crippen LogP contribution < -0.4 is 5.32 Å². The maximum atomic E-state index is 14.7. The Balaban J connectivity index is 1.70. The van der Waals surface area contributed by atoms with E-state index in [1.54, 1.807) is 6.07 Å². The van der Waals surface area contributed by atoms with E-state index in [2.05, 4.69) is 15.3 Å². The number of sulfone groups is 1. The molecule has 4 rings (SSSR count). The van der Waals surface area contributed by atoms with Crippen molar-refractivity contribution >= 4 is 32.5 Å². The van der Waals surface area contributed by atoms with E-state index in [0.29, 0.717) is 5.56 Å². The van der Waals surface area contributed by atoms with Gasteiger partial charge >= 0.3 is 0 Å². The maximum Gasteiger partial charge on any atom is 0.275 e. The van der Waals surface area contributed by atoms with Gasteiger partial charge in [-0.15, -0.1) is 0 Å². The van der Waals surface area contributed by atoms with Crippen LogP contribution in [-0.4, -0.2) is 30.5 Å². The average Bonchev–Trinajstić information content (AvgIpc) is 3.23. The average molecular weight is 464 g/mol. The number of hydrogen-bond donors (Lipinski definition) is 1. The highest BCUT2D eigenvalue weighted by Gasteiger charge is 2.22. The largest absolute Gasteiger partial charge is 0.433 e. The normalized spacial score (nSPS) is 11.3. The first kappa shape index (κ1) is 22.1. The number of amides is 1. The summed E-state index contributed by atoms with van der Waals surface area (Å²) in [5.74, 6) is -1.45. The molecule has 0 fully saturated rings. The summed E-state index contributed by atoms with van der Waals surface area (Å²) in [6.45, 7) is 2.03. The minimum atomic E-state index is -3.81. The monoisotopic (exact) mass is 464 g/mol. The molecule has 0 aliphatic heterocycles. The zero-order valence-corrected chi connectivity index (χ0v) is 18.4. The van der Waals surface area contributed by atoms with E-state index in [1.807, 2.05) is 31.2 Å². The van der Waals surface area contributed by atoms with Gasteiger partial charge in [-0.05, 0) is 42.3 Å². The molecular formula is C23H17FN4O4S. The van der Waals surface area contributed by atoms with Gasteiger partial charge in [-0.25, -0.2) is 22.8 Å². The number of pyridine rings is 1. The first-order chi connectivity index (χ1) is 15.7. The molecule has 0 saturated carbocycles. The lowest BCUT2D eigenvalue weighted by Crippen LogP contribution is -2.18. The smallest absolute Gasteiger partial charge is 0.275 e. The highest BCUT2D eigenvalue weighted by atomic mass is 32.2. The molecule has 166 valence electrons. The zero-order valence-electron chi connectivity index (χ0n) is 17.6. The summed E-state index contributed by atoms with van der Waals surface area (Å²) in [6.07, 6.45) is 1.79. The Morgan fingerprint density at radius 1 is 1.15 bits per heavy atom. The molecule has 0 unspecified atom stereocenters. The minimum Gasteiger partial charge on any atom is -0.433 e. The molecule has 0 aliphatic rings. The van der Waals surface area contributed by atoms with E-state index < -0.39 is 27.3 Å². The van der Waals surface area contributed by atoms with Crippen LogP contribution in [0.5, 0.6) is 0 Å². The molecule has 0 saturated heterocycles. The first-order valence-electron chi connectivity index (χ1n) is 9.81. The summed E-state index contributed by atoms with van der Waals surface area (Å²) in [7, 11) is -3.81. The number of nitriles is 1. The Hall–Kier alpha value is -4.10.